The molecular weight excluding hydrogens is 1140 g/mol. The molecule has 14 aromatic carbocycles. The average Bonchev–Trinajstić information content (AvgIpc) is 1.43. The first-order valence-corrected chi connectivity index (χ1v) is 32.4. The van der Waals surface area contributed by atoms with E-state index in [0.717, 1.165) is 166 Å². The zero-order valence-electron chi connectivity index (χ0n) is 52.3. The van der Waals surface area contributed by atoms with Gasteiger partial charge in [0.2, 0.25) is 0 Å². The molecule has 4 aromatic heterocycles. The van der Waals surface area contributed by atoms with E-state index < -0.39 is 0 Å². The van der Waals surface area contributed by atoms with Crippen molar-refractivity contribution in [1.29, 1.82) is 5.26 Å². The molecule has 0 unspecified atom stereocenters. The molecule has 4 heterocycles. The Hall–Kier alpha value is -12.2. The van der Waals surface area contributed by atoms with E-state index in [-0.39, 0.29) is 5.41 Å². The van der Waals surface area contributed by atoms with E-state index >= 15 is 0 Å². The highest BCUT2D eigenvalue weighted by molar-refractivity contribution is 6.18. The molecule has 0 saturated heterocycles. The molecule has 0 spiro atoms. The Bertz CT molecular complexity index is 5490. The number of rotatable bonds is 9. The lowest BCUT2D eigenvalue weighted by Crippen LogP contribution is -2.17. The summed E-state index contributed by atoms with van der Waals surface area (Å²) >= 11 is 0. The number of fused-ring (bicyclic) bond motifs is 12. The lowest BCUT2D eigenvalue weighted by atomic mass is 9.84. The first kappa shape index (κ1) is 54.7. The predicted octanol–water partition coefficient (Wildman–Crippen LogP) is 23.6. The molecule has 5 nitrogen and oxygen atoms in total. The second-order valence-corrected chi connectivity index (χ2v) is 25.9. The molecule has 18 aromatic rings. The van der Waals surface area contributed by atoms with Crippen LogP contribution in [0.15, 0.2) is 315 Å². The van der Waals surface area contributed by atoms with Crippen LogP contribution in [0.25, 0.3) is 166 Å². The van der Waals surface area contributed by atoms with E-state index in [1.807, 2.05) is 0 Å². The highest BCUT2D eigenvalue weighted by Gasteiger charge is 2.36. The maximum Gasteiger partial charge on any atom is 0.104 e. The number of nitriles is 1. The van der Waals surface area contributed by atoms with Gasteiger partial charge in [0.25, 0.3) is 0 Å². The van der Waals surface area contributed by atoms with Gasteiger partial charge in [-0.25, -0.2) is 0 Å². The van der Waals surface area contributed by atoms with Crippen LogP contribution in [-0.2, 0) is 5.41 Å². The molecule has 0 radical (unpaired) electrons. The smallest absolute Gasteiger partial charge is 0.104 e. The van der Waals surface area contributed by atoms with Crippen molar-refractivity contribution in [3.63, 3.8) is 0 Å². The summed E-state index contributed by atoms with van der Waals surface area (Å²) in [5.74, 6) is 0. The van der Waals surface area contributed by atoms with E-state index in [2.05, 4.69) is 361 Å². The Labute approximate surface area is 544 Å². The van der Waals surface area contributed by atoms with Gasteiger partial charge in [-0.15, -0.1) is 0 Å². The van der Waals surface area contributed by atoms with Gasteiger partial charge in [0.1, 0.15) is 11.6 Å². The number of nitrogens with zero attached hydrogens (tertiary/aromatic N) is 5. The zero-order chi connectivity index (χ0) is 62.8. The second-order valence-electron chi connectivity index (χ2n) is 25.9. The largest absolute Gasteiger partial charge is 0.306 e. The third-order valence-electron chi connectivity index (χ3n) is 19.5. The lowest BCUT2D eigenvalue weighted by Gasteiger charge is -2.30. The highest BCUT2D eigenvalue weighted by Crippen LogP contribution is 2.53. The Balaban J connectivity index is 1.14. The van der Waals surface area contributed by atoms with Gasteiger partial charge in [0, 0.05) is 48.7 Å². The van der Waals surface area contributed by atoms with Gasteiger partial charge in [-0.1, -0.05) is 263 Å². The Morgan fingerprint density at radius 1 is 0.234 bits per heavy atom. The van der Waals surface area contributed by atoms with E-state index in [1.165, 1.54) is 5.56 Å². The van der Waals surface area contributed by atoms with Gasteiger partial charge >= 0.3 is 0 Å². The molecule has 0 N–H and O–H groups in total. The fraction of sp³-hybridized carbons (Fsp3) is 0.0449. The molecule has 0 saturated carbocycles. The van der Waals surface area contributed by atoms with Gasteiger partial charge in [-0.2, -0.15) is 5.26 Å². The molecule has 0 aliphatic carbocycles. The number of benzene rings is 14. The number of hydrogen-bond acceptors (Lipinski definition) is 1. The number of hydrogen-bond donors (Lipinski definition) is 0. The minimum atomic E-state index is -0.253. The van der Waals surface area contributed by atoms with Gasteiger partial charge in [0.05, 0.1) is 66.9 Å². The predicted molar refractivity (Wildman–Crippen MR) is 394 cm³/mol. The molecule has 0 aliphatic heterocycles. The van der Waals surface area contributed by atoms with Gasteiger partial charge in [-0.05, 0) is 134 Å². The molecule has 94 heavy (non-hydrogen) atoms. The minimum absolute atomic E-state index is 0.253. The fourth-order valence-electron chi connectivity index (χ4n) is 15.2. The van der Waals surface area contributed by atoms with Crippen LogP contribution in [0.4, 0.5) is 0 Å². The zero-order valence-corrected chi connectivity index (χ0v) is 52.3. The summed E-state index contributed by atoms with van der Waals surface area (Å²) in [6.45, 7) is 6.93. The van der Waals surface area contributed by atoms with Crippen LogP contribution in [0.5, 0.6) is 0 Å². The quantitative estimate of drug-likeness (QED) is 0.142. The third-order valence-corrected chi connectivity index (χ3v) is 19.5. The van der Waals surface area contributed by atoms with E-state index in [0.29, 0.717) is 5.56 Å². The molecule has 0 fully saturated rings. The molecular formula is C89H61N5. The van der Waals surface area contributed by atoms with E-state index in [9.17, 15) is 5.26 Å². The molecule has 0 atom stereocenters. The average molecular weight is 1200 g/mol. The molecule has 0 aliphatic rings. The van der Waals surface area contributed by atoms with Gasteiger partial charge < -0.3 is 18.3 Å². The summed E-state index contributed by atoms with van der Waals surface area (Å²) < 4.78 is 9.91. The normalized spacial score (nSPS) is 12.0. The first-order chi connectivity index (χ1) is 46.3. The summed E-state index contributed by atoms with van der Waals surface area (Å²) in [5.41, 5.74) is 23.8. The van der Waals surface area contributed by atoms with Crippen LogP contribution in [0.3, 0.4) is 0 Å². The Morgan fingerprint density at radius 2 is 0.500 bits per heavy atom. The van der Waals surface area contributed by atoms with Gasteiger partial charge in [-0.3, -0.25) is 0 Å². The van der Waals surface area contributed by atoms with Crippen LogP contribution < -0.4 is 0 Å². The molecule has 442 valence electrons. The van der Waals surface area contributed by atoms with Crippen molar-refractivity contribution in [3.05, 3.63) is 327 Å². The summed E-state index contributed by atoms with van der Waals surface area (Å²) in [6.07, 6.45) is 0. The Kier molecular flexibility index (Phi) is 12.5. The number of para-hydroxylation sites is 4. The SMILES string of the molecule is CC(C)(C)c1cccc(-c2c(-n3c4ccc(-c5ccccc5)cc4c4cc(-c5ccccc5)ccc43)c(-n3c4ccccc4c4ccccc43)c(C#N)c(-n3c4ccccc4c4ccccc43)c2-n2c3ccc(-c4ccccc4)cc3c3cc(-c4ccccc4)ccc32)c1. The van der Waals surface area contributed by atoms with Crippen LogP contribution in [-0.4, -0.2) is 18.3 Å². The van der Waals surface area contributed by atoms with Crippen molar-refractivity contribution in [1.82, 2.24) is 18.3 Å². The Morgan fingerprint density at radius 3 is 0.798 bits per heavy atom. The van der Waals surface area contributed by atoms with Crippen LogP contribution in [0.2, 0.25) is 0 Å². The summed E-state index contributed by atoms with van der Waals surface area (Å²) in [4.78, 5) is 0. The van der Waals surface area contributed by atoms with E-state index in [4.69, 9.17) is 0 Å². The van der Waals surface area contributed by atoms with Crippen molar-refractivity contribution in [2.24, 2.45) is 0 Å². The van der Waals surface area contributed by atoms with Crippen LogP contribution in [0.1, 0.15) is 31.9 Å². The summed E-state index contributed by atoms with van der Waals surface area (Å²) in [5, 5.41) is 22.1. The van der Waals surface area contributed by atoms with Crippen molar-refractivity contribution in [3.8, 4) is 84.5 Å². The minimum Gasteiger partial charge on any atom is -0.306 e. The third kappa shape index (κ3) is 8.47. The van der Waals surface area contributed by atoms with Gasteiger partial charge in [0.15, 0.2) is 0 Å². The maximum atomic E-state index is 13.3. The second kappa shape index (κ2) is 21.5. The monoisotopic (exact) mass is 1200 g/mol. The standard InChI is InChI=1S/C89H61N5/c1-89(2,3)66-34-24-33-65(51-66)84-87(93-80-47-43-61(57-25-8-4-9-26-57)52-71(80)72-53-62(44-48-81(72)93)58-27-10-5-11-28-58)85(91-76-39-20-16-35-67(76)68-36-17-21-40-77(68)91)75(56-90)86(92-78-41-22-18-37-69(78)70-38-19-23-42-79(70)92)88(84)94-82-49-45-63(59-29-12-6-13-30-59)54-73(82)74-55-64(46-50-83(74)94)60-31-14-7-15-32-60/h4-55H,1-3H3. The summed E-state index contributed by atoms with van der Waals surface area (Å²) in [6, 6.07) is 118. The highest BCUT2D eigenvalue weighted by atomic mass is 15.1. The van der Waals surface area contributed by atoms with Crippen molar-refractivity contribution in [2.45, 2.75) is 26.2 Å². The maximum absolute atomic E-state index is 13.3. The first-order valence-electron chi connectivity index (χ1n) is 32.4. The number of aromatic nitrogens is 4. The van der Waals surface area contributed by atoms with E-state index in [1.54, 1.807) is 0 Å². The van der Waals surface area contributed by atoms with Crippen molar-refractivity contribution < 1.29 is 0 Å². The van der Waals surface area contributed by atoms with Crippen LogP contribution in [0, 0.1) is 11.3 Å². The van der Waals surface area contributed by atoms with Crippen molar-refractivity contribution in [2.75, 3.05) is 0 Å². The molecule has 0 bridgehead atoms. The van der Waals surface area contributed by atoms with Crippen LogP contribution >= 0.6 is 0 Å². The molecule has 5 heteroatoms. The molecule has 0 amide bonds. The lowest BCUT2D eigenvalue weighted by molar-refractivity contribution is 0.590. The molecule has 18 rings (SSSR count). The summed E-state index contributed by atoms with van der Waals surface area (Å²) in [7, 11) is 0. The fourth-order valence-corrected chi connectivity index (χ4v) is 15.2. The topological polar surface area (TPSA) is 43.5 Å². The van der Waals surface area contributed by atoms with Crippen molar-refractivity contribution >= 4 is 87.2 Å².